The van der Waals surface area contributed by atoms with Crippen LogP contribution >= 0.6 is 0 Å². The lowest BCUT2D eigenvalue weighted by atomic mass is 9.89. The summed E-state index contributed by atoms with van der Waals surface area (Å²) < 4.78 is 0. The topological polar surface area (TPSA) is 0 Å². The van der Waals surface area contributed by atoms with Crippen LogP contribution in [0.5, 0.6) is 0 Å². The number of fused-ring (bicyclic) bond motifs is 1. The average molecular weight is 223 g/mol. The van der Waals surface area contributed by atoms with E-state index in [1.807, 2.05) is 0 Å². The third-order valence-electron chi connectivity index (χ3n) is 3.24. The van der Waals surface area contributed by atoms with E-state index < -0.39 is 0 Å². The van der Waals surface area contributed by atoms with E-state index in [2.05, 4.69) is 64.1 Å². The third kappa shape index (κ3) is 2.54. The molecule has 2 rings (SSSR count). The lowest BCUT2D eigenvalue weighted by molar-refractivity contribution is 0.859. The van der Waals surface area contributed by atoms with E-state index in [1.54, 1.807) is 0 Å². The van der Waals surface area contributed by atoms with Gasteiger partial charge in [-0.1, -0.05) is 64.1 Å². The van der Waals surface area contributed by atoms with Gasteiger partial charge in [-0.25, -0.2) is 0 Å². The molecule has 2 aromatic rings. The molecule has 0 spiro atoms. The zero-order valence-electron chi connectivity index (χ0n) is 11.2. The first kappa shape index (κ1) is 13.8. The zero-order valence-corrected chi connectivity index (χ0v) is 11.2. The number of benzene rings is 2. The first-order valence-electron chi connectivity index (χ1n) is 6.12. The second-order valence-electron chi connectivity index (χ2n) is 5.10. The first-order chi connectivity index (χ1) is 7.61. The minimum absolute atomic E-state index is 0. The van der Waals surface area contributed by atoms with Gasteiger partial charge < -0.3 is 0 Å². The molecule has 0 saturated carbocycles. The van der Waals surface area contributed by atoms with Crippen LogP contribution < -0.4 is 0 Å². The molecule has 0 aromatic heterocycles. The third-order valence-corrected chi connectivity index (χ3v) is 3.24. The van der Waals surface area contributed by atoms with Gasteiger partial charge >= 0.3 is 0 Å². The summed E-state index contributed by atoms with van der Waals surface area (Å²) in [7, 11) is 0. The molecule has 0 fully saturated rings. The molecule has 3 radical (unpaired) electrons. The summed E-state index contributed by atoms with van der Waals surface area (Å²) in [6.07, 6.45) is 0. The fourth-order valence-corrected chi connectivity index (χ4v) is 2.35. The summed E-state index contributed by atoms with van der Waals surface area (Å²) in [6.45, 7) is 9.04. The predicted octanol–water partition coefficient (Wildman–Crippen LogP) is 4.71. The fraction of sp³-hybridized carbons (Fsp3) is 0.375. The molecule has 1 heteroatoms. The average Bonchev–Trinajstić information content (AvgIpc) is 2.27. The molecular formula is C16H20B. The van der Waals surface area contributed by atoms with Crippen molar-refractivity contribution >= 4 is 19.2 Å². The van der Waals surface area contributed by atoms with Crippen molar-refractivity contribution in [1.29, 1.82) is 0 Å². The van der Waals surface area contributed by atoms with Gasteiger partial charge in [-0.3, -0.25) is 0 Å². The monoisotopic (exact) mass is 223 g/mol. The highest BCUT2D eigenvalue weighted by Crippen LogP contribution is 2.31. The summed E-state index contributed by atoms with van der Waals surface area (Å²) in [4.78, 5) is 0. The minimum atomic E-state index is 0. The Hall–Kier alpha value is -1.24. The zero-order chi connectivity index (χ0) is 11.7. The molecule has 0 nitrogen and oxygen atoms in total. The fourth-order valence-electron chi connectivity index (χ4n) is 2.35. The maximum atomic E-state index is 2.29. The first-order valence-corrected chi connectivity index (χ1v) is 6.12. The normalized spacial score (nSPS) is 10.9. The molecule has 0 aliphatic rings. The lowest BCUT2D eigenvalue weighted by Gasteiger charge is -2.15. The van der Waals surface area contributed by atoms with Crippen LogP contribution in [0.1, 0.15) is 50.7 Å². The van der Waals surface area contributed by atoms with E-state index in [0.717, 1.165) is 0 Å². The summed E-state index contributed by atoms with van der Waals surface area (Å²) in [5.74, 6) is 1.18. The Morgan fingerprint density at radius 1 is 0.647 bits per heavy atom. The van der Waals surface area contributed by atoms with Crippen molar-refractivity contribution in [3.05, 3.63) is 47.5 Å². The van der Waals surface area contributed by atoms with E-state index in [4.69, 9.17) is 0 Å². The summed E-state index contributed by atoms with van der Waals surface area (Å²) in [5, 5.41) is 2.84. The van der Waals surface area contributed by atoms with Crippen molar-refractivity contribution in [2.75, 3.05) is 0 Å². The van der Waals surface area contributed by atoms with Crippen molar-refractivity contribution in [1.82, 2.24) is 0 Å². The highest BCUT2D eigenvalue weighted by molar-refractivity contribution is 5.89. The quantitative estimate of drug-likeness (QED) is 0.647. The van der Waals surface area contributed by atoms with Gasteiger partial charge in [0.05, 0.1) is 0 Å². The van der Waals surface area contributed by atoms with Gasteiger partial charge in [-0.2, -0.15) is 0 Å². The van der Waals surface area contributed by atoms with E-state index >= 15 is 0 Å². The molecule has 0 bridgehead atoms. The highest BCUT2D eigenvalue weighted by Gasteiger charge is 2.09. The van der Waals surface area contributed by atoms with Crippen LogP contribution in [0.4, 0.5) is 0 Å². The number of hydrogen-bond donors (Lipinski definition) is 0. The number of hydrogen-bond acceptors (Lipinski definition) is 0. The highest BCUT2D eigenvalue weighted by atomic mass is 14.1. The Kier molecular flexibility index (Phi) is 4.39. The number of rotatable bonds is 2. The Labute approximate surface area is 107 Å². The molecular weight excluding hydrogens is 203 g/mol. The molecule has 2 aromatic carbocycles. The smallest absolute Gasteiger partial charge is 0 e. The standard InChI is InChI=1S/C16H20.B/c1-11(2)13-9-10-14(12(3)4)16-8-6-5-7-15(13)16;/h5-12H,1-4H3;. The van der Waals surface area contributed by atoms with Gasteiger partial charge in [0.1, 0.15) is 0 Å². The van der Waals surface area contributed by atoms with Gasteiger partial charge in [0, 0.05) is 8.41 Å². The molecule has 87 valence electrons. The predicted molar refractivity (Wildman–Crippen MR) is 77.9 cm³/mol. The van der Waals surface area contributed by atoms with Crippen molar-refractivity contribution in [2.45, 2.75) is 39.5 Å². The maximum absolute atomic E-state index is 2.29. The Morgan fingerprint density at radius 3 is 1.29 bits per heavy atom. The summed E-state index contributed by atoms with van der Waals surface area (Å²) >= 11 is 0. The molecule has 0 unspecified atom stereocenters. The van der Waals surface area contributed by atoms with Crippen LogP contribution in [-0.2, 0) is 0 Å². The van der Waals surface area contributed by atoms with Crippen LogP contribution in [0, 0.1) is 0 Å². The maximum Gasteiger partial charge on any atom is 0 e. The van der Waals surface area contributed by atoms with Crippen LogP contribution in [-0.4, -0.2) is 8.41 Å². The van der Waals surface area contributed by atoms with Gasteiger partial charge in [0.25, 0.3) is 0 Å². The second kappa shape index (κ2) is 5.40. The van der Waals surface area contributed by atoms with E-state index in [9.17, 15) is 0 Å². The summed E-state index contributed by atoms with van der Waals surface area (Å²) in [5.41, 5.74) is 2.92. The molecule has 0 amide bonds. The Balaban J connectivity index is 0.00000144. The second-order valence-corrected chi connectivity index (χ2v) is 5.10. The van der Waals surface area contributed by atoms with Crippen molar-refractivity contribution in [3.8, 4) is 0 Å². The largest absolute Gasteiger partial charge is 0.0616 e. The van der Waals surface area contributed by atoms with E-state index in [1.165, 1.54) is 21.9 Å². The van der Waals surface area contributed by atoms with E-state index in [-0.39, 0.29) is 8.41 Å². The molecule has 0 saturated heterocycles. The van der Waals surface area contributed by atoms with Gasteiger partial charge in [0.15, 0.2) is 0 Å². The Bertz CT molecular complexity index is 451. The van der Waals surface area contributed by atoms with Crippen LogP contribution in [0.3, 0.4) is 0 Å². The Morgan fingerprint density at radius 2 is 1.00 bits per heavy atom. The molecule has 0 aliphatic heterocycles. The van der Waals surface area contributed by atoms with Crippen molar-refractivity contribution in [3.63, 3.8) is 0 Å². The molecule has 0 N–H and O–H groups in total. The molecule has 0 atom stereocenters. The van der Waals surface area contributed by atoms with Crippen LogP contribution in [0.15, 0.2) is 36.4 Å². The van der Waals surface area contributed by atoms with Gasteiger partial charge in [-0.15, -0.1) is 0 Å². The van der Waals surface area contributed by atoms with Crippen molar-refractivity contribution in [2.24, 2.45) is 0 Å². The van der Waals surface area contributed by atoms with Crippen LogP contribution in [0.25, 0.3) is 10.8 Å². The van der Waals surface area contributed by atoms with Gasteiger partial charge in [0.2, 0.25) is 0 Å². The molecule has 0 aliphatic carbocycles. The van der Waals surface area contributed by atoms with Gasteiger partial charge in [-0.05, 0) is 33.7 Å². The summed E-state index contributed by atoms with van der Waals surface area (Å²) in [6, 6.07) is 13.4. The lowest BCUT2D eigenvalue weighted by Crippen LogP contribution is -1.95. The molecule has 0 heterocycles. The van der Waals surface area contributed by atoms with E-state index in [0.29, 0.717) is 11.8 Å². The minimum Gasteiger partial charge on any atom is -0.0616 e. The molecule has 17 heavy (non-hydrogen) atoms. The van der Waals surface area contributed by atoms with Crippen molar-refractivity contribution < 1.29 is 0 Å². The SMILES string of the molecule is CC(C)c1ccc(C(C)C)c2ccccc12.[B]. The van der Waals surface area contributed by atoms with Crippen LogP contribution in [0.2, 0.25) is 0 Å².